The number of furan rings is 1. The van der Waals surface area contributed by atoms with Crippen molar-refractivity contribution in [3.63, 3.8) is 0 Å². The summed E-state index contributed by atoms with van der Waals surface area (Å²) in [7, 11) is 3.09. The Kier molecular flexibility index (Phi) is 8.31. The van der Waals surface area contributed by atoms with Crippen LogP contribution in [0, 0.1) is 6.92 Å². The molecule has 4 rings (SSSR count). The first-order valence-electron chi connectivity index (χ1n) is 12.4. The van der Waals surface area contributed by atoms with Crippen molar-refractivity contribution < 1.29 is 23.5 Å². The van der Waals surface area contributed by atoms with Crippen molar-refractivity contribution in [1.82, 2.24) is 10.2 Å². The van der Waals surface area contributed by atoms with E-state index >= 15 is 0 Å². The van der Waals surface area contributed by atoms with Gasteiger partial charge in [0.1, 0.15) is 6.04 Å². The van der Waals surface area contributed by atoms with E-state index in [0.717, 1.165) is 36.8 Å². The molecule has 0 radical (unpaired) electrons. The fraction of sp³-hybridized carbons (Fsp3) is 0.379. The van der Waals surface area contributed by atoms with Crippen LogP contribution in [0.3, 0.4) is 0 Å². The molecular weight excluding hydrogens is 456 g/mol. The Morgan fingerprint density at radius 2 is 1.83 bits per heavy atom. The fourth-order valence-electron chi connectivity index (χ4n) is 4.94. The zero-order valence-electron chi connectivity index (χ0n) is 21.2. The molecule has 2 aromatic carbocycles. The highest BCUT2D eigenvalue weighted by atomic mass is 16.5. The van der Waals surface area contributed by atoms with Crippen molar-refractivity contribution in [2.75, 3.05) is 20.8 Å². The molecule has 36 heavy (non-hydrogen) atoms. The van der Waals surface area contributed by atoms with Crippen LogP contribution in [-0.4, -0.2) is 43.5 Å². The maximum Gasteiger partial charge on any atom is 0.290 e. The lowest BCUT2D eigenvalue weighted by molar-refractivity contribution is -0.126. The predicted molar refractivity (Wildman–Crippen MR) is 137 cm³/mol. The van der Waals surface area contributed by atoms with Crippen molar-refractivity contribution in [2.45, 2.75) is 51.1 Å². The number of carbonyl (C=O) groups excluding carboxylic acids is 2. The standard InChI is InChI=1S/C29H34N2O5/c1-20-9-6-10-21(19-20)16-17-31(29(33)25-15-8-18-36-25)26(28(32)30-22-11-4-5-12-22)23-13-7-14-24(34-2)27(23)35-3/h6-10,13-15,18-19,22,26H,4-5,11-12,16-17H2,1-3H3,(H,30,32). The molecule has 1 aromatic heterocycles. The molecule has 0 spiro atoms. The normalized spacial score (nSPS) is 14.3. The smallest absolute Gasteiger partial charge is 0.290 e. The van der Waals surface area contributed by atoms with Crippen LogP contribution >= 0.6 is 0 Å². The second-order valence-electron chi connectivity index (χ2n) is 9.19. The van der Waals surface area contributed by atoms with E-state index in [9.17, 15) is 9.59 Å². The van der Waals surface area contributed by atoms with Gasteiger partial charge >= 0.3 is 0 Å². The Labute approximate surface area is 212 Å². The van der Waals surface area contributed by atoms with Crippen molar-refractivity contribution >= 4 is 11.8 Å². The maximum absolute atomic E-state index is 13.9. The molecule has 1 atom stereocenters. The molecule has 2 amide bonds. The Hall–Kier alpha value is -3.74. The Morgan fingerprint density at radius 1 is 1.06 bits per heavy atom. The molecule has 1 fully saturated rings. The van der Waals surface area contributed by atoms with Crippen molar-refractivity contribution in [2.24, 2.45) is 0 Å². The molecule has 190 valence electrons. The van der Waals surface area contributed by atoms with Gasteiger partial charge in [-0.25, -0.2) is 0 Å². The SMILES string of the molecule is COc1cccc(C(C(=O)NC2CCCC2)N(CCc2cccc(C)c2)C(=O)c2ccco2)c1OC. The summed E-state index contributed by atoms with van der Waals surface area (Å²) in [5, 5.41) is 3.19. The second kappa shape index (κ2) is 11.8. The topological polar surface area (TPSA) is 81.0 Å². The Bertz CT molecular complexity index is 1170. The quantitative estimate of drug-likeness (QED) is 0.428. The van der Waals surface area contributed by atoms with E-state index in [4.69, 9.17) is 13.9 Å². The molecule has 1 aliphatic rings. The minimum atomic E-state index is -0.932. The predicted octanol–water partition coefficient (Wildman–Crippen LogP) is 5.09. The number of nitrogens with zero attached hydrogens (tertiary/aromatic N) is 1. The van der Waals surface area contributed by atoms with Crippen LogP contribution in [-0.2, 0) is 11.2 Å². The first-order chi connectivity index (χ1) is 17.5. The first kappa shape index (κ1) is 25.4. The van der Waals surface area contributed by atoms with Crippen LogP contribution in [0.2, 0.25) is 0 Å². The third kappa shape index (κ3) is 5.73. The molecule has 1 aliphatic carbocycles. The molecule has 3 aromatic rings. The number of nitrogens with one attached hydrogen (secondary N) is 1. The van der Waals surface area contributed by atoms with E-state index in [0.29, 0.717) is 30.0 Å². The van der Waals surface area contributed by atoms with Crippen LogP contribution in [0.15, 0.2) is 65.3 Å². The molecular formula is C29H34N2O5. The molecule has 1 unspecified atom stereocenters. The summed E-state index contributed by atoms with van der Waals surface area (Å²) in [5.74, 6) is 0.513. The zero-order chi connectivity index (χ0) is 25.5. The third-order valence-electron chi connectivity index (χ3n) is 6.71. The molecule has 1 heterocycles. The van der Waals surface area contributed by atoms with Crippen LogP contribution < -0.4 is 14.8 Å². The number of benzene rings is 2. The molecule has 7 nitrogen and oxygen atoms in total. The number of ether oxygens (including phenoxy) is 2. The highest BCUT2D eigenvalue weighted by molar-refractivity contribution is 5.96. The minimum absolute atomic E-state index is 0.0916. The zero-order valence-corrected chi connectivity index (χ0v) is 21.2. The first-order valence-corrected chi connectivity index (χ1v) is 12.4. The molecule has 0 saturated heterocycles. The van der Waals surface area contributed by atoms with Gasteiger partial charge in [-0.05, 0) is 49.9 Å². The summed E-state index contributed by atoms with van der Waals surface area (Å²) in [4.78, 5) is 29.3. The number of aryl methyl sites for hydroxylation is 1. The lowest BCUT2D eigenvalue weighted by atomic mass is 10.00. The van der Waals surface area contributed by atoms with Crippen LogP contribution in [0.25, 0.3) is 0 Å². The van der Waals surface area contributed by atoms with Crippen molar-refractivity contribution in [3.8, 4) is 11.5 Å². The summed E-state index contributed by atoms with van der Waals surface area (Å²) in [6, 6.07) is 16.0. The van der Waals surface area contributed by atoms with Gasteiger partial charge in [0, 0.05) is 18.2 Å². The van der Waals surface area contributed by atoms with Gasteiger partial charge in [-0.1, -0.05) is 54.8 Å². The van der Waals surface area contributed by atoms with Gasteiger partial charge in [0.15, 0.2) is 17.3 Å². The fourth-order valence-corrected chi connectivity index (χ4v) is 4.94. The molecule has 0 aliphatic heterocycles. The number of rotatable bonds is 10. The average Bonchev–Trinajstić information content (AvgIpc) is 3.60. The van der Waals surface area contributed by atoms with E-state index in [2.05, 4.69) is 11.4 Å². The van der Waals surface area contributed by atoms with Gasteiger partial charge in [0.2, 0.25) is 5.91 Å². The van der Waals surface area contributed by atoms with E-state index in [1.54, 1.807) is 37.3 Å². The van der Waals surface area contributed by atoms with Crippen molar-refractivity contribution in [3.05, 3.63) is 83.3 Å². The van der Waals surface area contributed by atoms with Gasteiger partial charge in [-0.2, -0.15) is 0 Å². The number of hydrogen-bond donors (Lipinski definition) is 1. The van der Waals surface area contributed by atoms with E-state index < -0.39 is 6.04 Å². The van der Waals surface area contributed by atoms with Crippen LogP contribution in [0.5, 0.6) is 11.5 Å². The Morgan fingerprint density at radius 3 is 2.50 bits per heavy atom. The monoisotopic (exact) mass is 490 g/mol. The number of amides is 2. The van der Waals surface area contributed by atoms with Gasteiger partial charge in [-0.3, -0.25) is 9.59 Å². The summed E-state index contributed by atoms with van der Waals surface area (Å²) in [6.45, 7) is 2.35. The number of hydrogen-bond acceptors (Lipinski definition) is 5. The number of carbonyl (C=O) groups is 2. The van der Waals surface area contributed by atoms with Crippen LogP contribution in [0.1, 0.15) is 59.0 Å². The van der Waals surface area contributed by atoms with Gasteiger partial charge in [-0.15, -0.1) is 0 Å². The second-order valence-corrected chi connectivity index (χ2v) is 9.19. The molecule has 0 bridgehead atoms. The number of para-hydroxylation sites is 1. The summed E-state index contributed by atoms with van der Waals surface area (Å²) >= 11 is 0. The minimum Gasteiger partial charge on any atom is -0.493 e. The number of methoxy groups -OCH3 is 2. The van der Waals surface area contributed by atoms with Crippen LogP contribution in [0.4, 0.5) is 0 Å². The average molecular weight is 491 g/mol. The molecule has 7 heteroatoms. The molecule has 1 N–H and O–H groups in total. The van der Waals surface area contributed by atoms with E-state index in [1.165, 1.54) is 6.26 Å². The van der Waals surface area contributed by atoms with Gasteiger partial charge < -0.3 is 24.1 Å². The largest absolute Gasteiger partial charge is 0.493 e. The van der Waals surface area contributed by atoms with E-state index in [-0.39, 0.29) is 23.6 Å². The summed E-state index contributed by atoms with van der Waals surface area (Å²) < 4.78 is 16.7. The highest BCUT2D eigenvalue weighted by Gasteiger charge is 2.36. The lowest BCUT2D eigenvalue weighted by Crippen LogP contribution is -2.47. The third-order valence-corrected chi connectivity index (χ3v) is 6.71. The van der Waals surface area contributed by atoms with Gasteiger partial charge in [0.05, 0.1) is 20.5 Å². The molecule has 1 saturated carbocycles. The Balaban J connectivity index is 1.77. The lowest BCUT2D eigenvalue weighted by Gasteiger charge is -2.32. The van der Waals surface area contributed by atoms with E-state index in [1.807, 2.05) is 37.3 Å². The highest BCUT2D eigenvalue weighted by Crippen LogP contribution is 2.38. The van der Waals surface area contributed by atoms with Crippen molar-refractivity contribution in [1.29, 1.82) is 0 Å². The maximum atomic E-state index is 13.9. The summed E-state index contributed by atoms with van der Waals surface area (Å²) in [6.07, 6.45) is 6.08. The van der Waals surface area contributed by atoms with Gasteiger partial charge in [0.25, 0.3) is 5.91 Å². The summed E-state index contributed by atoms with van der Waals surface area (Å²) in [5.41, 5.74) is 2.79.